The Morgan fingerprint density at radius 1 is 1.06 bits per heavy atom. The van der Waals surface area contributed by atoms with Crippen molar-refractivity contribution in [3.63, 3.8) is 0 Å². The average molecular weight is 531 g/mol. The van der Waals surface area contributed by atoms with Crippen molar-refractivity contribution >= 4 is 45.5 Å². The van der Waals surface area contributed by atoms with Crippen LogP contribution in [0.4, 0.5) is 10.5 Å². The van der Waals surface area contributed by atoms with Crippen molar-refractivity contribution in [3.8, 4) is 17.2 Å². The largest absolute Gasteiger partial charge is 0.494 e. The van der Waals surface area contributed by atoms with Crippen molar-refractivity contribution in [2.75, 3.05) is 18.1 Å². The summed E-state index contributed by atoms with van der Waals surface area (Å²) in [6.45, 7) is 8.61. The zero-order chi connectivity index (χ0) is 24.8. The second-order valence-electron chi connectivity index (χ2n) is 7.73. The van der Waals surface area contributed by atoms with E-state index in [0.29, 0.717) is 46.2 Å². The fourth-order valence-corrected chi connectivity index (χ4v) is 3.81. The number of carbonyl (C=O) groups is 3. The van der Waals surface area contributed by atoms with Gasteiger partial charge in [-0.15, -0.1) is 0 Å². The van der Waals surface area contributed by atoms with Crippen LogP contribution in [0.5, 0.6) is 17.2 Å². The summed E-state index contributed by atoms with van der Waals surface area (Å²) in [5, 5.41) is 2.23. The van der Waals surface area contributed by atoms with Gasteiger partial charge in [-0.2, -0.15) is 0 Å². The van der Waals surface area contributed by atoms with E-state index < -0.39 is 17.8 Å². The lowest BCUT2D eigenvalue weighted by molar-refractivity contribution is -0.122. The molecule has 34 heavy (non-hydrogen) atoms. The zero-order valence-corrected chi connectivity index (χ0v) is 21.1. The summed E-state index contributed by atoms with van der Waals surface area (Å²) >= 11 is 3.48. The number of rotatable bonds is 9. The molecule has 1 aliphatic rings. The molecule has 1 fully saturated rings. The number of halogens is 1. The fraction of sp³-hybridized carbons (Fsp3) is 0.320. The summed E-state index contributed by atoms with van der Waals surface area (Å²) < 4.78 is 17.7. The van der Waals surface area contributed by atoms with Crippen molar-refractivity contribution in [1.82, 2.24) is 5.32 Å². The smallest absolute Gasteiger partial charge is 0.335 e. The molecule has 0 unspecified atom stereocenters. The molecule has 1 N–H and O–H groups in total. The van der Waals surface area contributed by atoms with Crippen LogP contribution in [0.1, 0.15) is 39.7 Å². The second-order valence-corrected chi connectivity index (χ2v) is 8.58. The molecule has 2 aromatic rings. The van der Waals surface area contributed by atoms with E-state index in [1.54, 1.807) is 36.4 Å². The van der Waals surface area contributed by atoms with Gasteiger partial charge in [0, 0.05) is 0 Å². The SMILES string of the molecule is CCCOc1ccc(N2C(=O)NC(=O)/C(=C/c3cc(Br)c(OC(C)C)c(OCC)c3)C2=O)cc1. The fourth-order valence-electron chi connectivity index (χ4n) is 3.25. The number of nitrogens with one attached hydrogen (secondary N) is 1. The Labute approximate surface area is 207 Å². The molecule has 9 heteroatoms. The highest BCUT2D eigenvalue weighted by atomic mass is 79.9. The molecule has 0 aromatic heterocycles. The average Bonchev–Trinajstić information content (AvgIpc) is 2.78. The molecule has 0 radical (unpaired) electrons. The maximum absolute atomic E-state index is 13.2. The maximum atomic E-state index is 13.2. The quantitative estimate of drug-likeness (QED) is 0.358. The van der Waals surface area contributed by atoms with Gasteiger partial charge in [-0.05, 0) is 91.2 Å². The standard InChI is InChI=1S/C25H27BrN2O6/c1-5-11-33-18-9-7-17(8-10-18)28-24(30)19(23(29)27-25(28)31)12-16-13-20(26)22(34-15(3)4)21(14-16)32-6-2/h7-10,12-15H,5-6,11H2,1-4H3,(H,27,29,31)/b19-12-. The number of imide groups is 2. The van der Waals surface area contributed by atoms with Crippen LogP contribution in [0.3, 0.4) is 0 Å². The first-order valence-corrected chi connectivity index (χ1v) is 11.8. The zero-order valence-electron chi connectivity index (χ0n) is 19.5. The lowest BCUT2D eigenvalue weighted by Crippen LogP contribution is -2.54. The minimum absolute atomic E-state index is 0.0799. The van der Waals surface area contributed by atoms with Crippen LogP contribution in [0.25, 0.3) is 6.08 Å². The van der Waals surface area contributed by atoms with E-state index in [-0.39, 0.29) is 11.7 Å². The summed E-state index contributed by atoms with van der Waals surface area (Å²) in [5.74, 6) is 0.120. The lowest BCUT2D eigenvalue weighted by Gasteiger charge is -2.26. The van der Waals surface area contributed by atoms with Crippen LogP contribution < -0.4 is 24.4 Å². The van der Waals surface area contributed by atoms with Crippen molar-refractivity contribution in [3.05, 3.63) is 52.0 Å². The van der Waals surface area contributed by atoms with Gasteiger partial charge in [0.05, 0.1) is 29.5 Å². The van der Waals surface area contributed by atoms with Gasteiger partial charge in [0.25, 0.3) is 11.8 Å². The van der Waals surface area contributed by atoms with Crippen LogP contribution in [0.2, 0.25) is 0 Å². The normalized spacial score (nSPS) is 15.1. The number of urea groups is 1. The van der Waals surface area contributed by atoms with Crippen molar-refractivity contribution < 1.29 is 28.6 Å². The molecular formula is C25H27BrN2O6. The summed E-state index contributed by atoms with van der Waals surface area (Å²) in [6.07, 6.45) is 2.20. The Kier molecular flexibility index (Phi) is 8.33. The molecule has 0 aliphatic carbocycles. The van der Waals surface area contributed by atoms with Crippen LogP contribution >= 0.6 is 15.9 Å². The Morgan fingerprint density at radius 2 is 1.76 bits per heavy atom. The highest BCUT2D eigenvalue weighted by Crippen LogP contribution is 2.38. The topological polar surface area (TPSA) is 94.2 Å². The number of anilines is 1. The van der Waals surface area contributed by atoms with Crippen molar-refractivity contribution in [1.29, 1.82) is 0 Å². The number of hydrogen-bond donors (Lipinski definition) is 1. The summed E-state index contributed by atoms with van der Waals surface area (Å²) in [7, 11) is 0. The Bertz CT molecular complexity index is 1110. The number of ether oxygens (including phenoxy) is 3. The minimum Gasteiger partial charge on any atom is -0.494 e. The second kappa shape index (κ2) is 11.2. The van der Waals surface area contributed by atoms with E-state index in [0.717, 1.165) is 11.3 Å². The van der Waals surface area contributed by atoms with Gasteiger partial charge in [-0.25, -0.2) is 9.69 Å². The molecule has 0 bridgehead atoms. The molecule has 1 aliphatic heterocycles. The third-order valence-electron chi connectivity index (χ3n) is 4.67. The molecule has 1 heterocycles. The highest BCUT2D eigenvalue weighted by molar-refractivity contribution is 9.10. The summed E-state index contributed by atoms with van der Waals surface area (Å²) in [6, 6.07) is 9.12. The maximum Gasteiger partial charge on any atom is 0.335 e. The molecule has 1 saturated heterocycles. The number of nitrogens with zero attached hydrogens (tertiary/aromatic N) is 1. The number of barbiturate groups is 1. The molecular weight excluding hydrogens is 504 g/mol. The number of benzene rings is 2. The van der Waals surface area contributed by atoms with Gasteiger partial charge < -0.3 is 14.2 Å². The molecule has 8 nitrogen and oxygen atoms in total. The van der Waals surface area contributed by atoms with E-state index >= 15 is 0 Å². The minimum atomic E-state index is -0.814. The van der Waals surface area contributed by atoms with E-state index in [4.69, 9.17) is 14.2 Å². The predicted molar refractivity (Wildman–Crippen MR) is 132 cm³/mol. The molecule has 180 valence electrons. The van der Waals surface area contributed by atoms with Crippen LogP contribution in [-0.4, -0.2) is 37.2 Å². The monoisotopic (exact) mass is 530 g/mol. The van der Waals surface area contributed by atoms with Crippen molar-refractivity contribution in [2.24, 2.45) is 0 Å². The summed E-state index contributed by atoms with van der Waals surface area (Å²) in [5.41, 5.74) is 0.668. The van der Waals surface area contributed by atoms with Gasteiger partial charge in [0.2, 0.25) is 0 Å². The van der Waals surface area contributed by atoms with E-state index in [9.17, 15) is 14.4 Å². The molecule has 0 saturated carbocycles. The first-order chi connectivity index (χ1) is 16.2. The van der Waals surface area contributed by atoms with Gasteiger partial charge in [0.1, 0.15) is 11.3 Å². The highest BCUT2D eigenvalue weighted by Gasteiger charge is 2.37. The van der Waals surface area contributed by atoms with Gasteiger partial charge in [0.15, 0.2) is 11.5 Å². The molecule has 4 amide bonds. The predicted octanol–water partition coefficient (Wildman–Crippen LogP) is 5.09. The van der Waals surface area contributed by atoms with E-state index in [2.05, 4.69) is 21.2 Å². The van der Waals surface area contributed by atoms with Crippen LogP contribution in [-0.2, 0) is 9.59 Å². The third-order valence-corrected chi connectivity index (χ3v) is 5.25. The molecule has 3 rings (SSSR count). The first kappa shape index (κ1) is 25.3. The molecule has 0 spiro atoms. The summed E-state index contributed by atoms with van der Waals surface area (Å²) in [4.78, 5) is 39.1. The van der Waals surface area contributed by atoms with Gasteiger partial charge in [-0.3, -0.25) is 14.9 Å². The van der Waals surface area contributed by atoms with E-state index in [1.165, 1.54) is 6.08 Å². The van der Waals surface area contributed by atoms with Gasteiger partial charge >= 0.3 is 6.03 Å². The Hall–Kier alpha value is -3.33. The lowest BCUT2D eigenvalue weighted by atomic mass is 10.1. The number of amides is 4. The van der Waals surface area contributed by atoms with Crippen molar-refractivity contribution in [2.45, 2.75) is 40.2 Å². The third kappa shape index (κ3) is 5.77. The molecule has 0 atom stereocenters. The Morgan fingerprint density at radius 3 is 2.38 bits per heavy atom. The van der Waals surface area contributed by atoms with E-state index in [1.807, 2.05) is 27.7 Å². The molecule has 2 aromatic carbocycles. The number of hydrogen-bond acceptors (Lipinski definition) is 6. The van der Waals surface area contributed by atoms with Gasteiger partial charge in [-0.1, -0.05) is 6.92 Å². The Balaban J connectivity index is 1.96. The number of carbonyl (C=O) groups excluding carboxylic acids is 3. The van der Waals surface area contributed by atoms with Crippen LogP contribution in [0.15, 0.2) is 46.4 Å². The van der Waals surface area contributed by atoms with Crippen LogP contribution in [0, 0.1) is 0 Å². The first-order valence-electron chi connectivity index (χ1n) is 11.0.